The van der Waals surface area contributed by atoms with E-state index in [9.17, 15) is 9.59 Å². The molecule has 1 saturated carbocycles. The molecule has 0 radical (unpaired) electrons. The molecular weight excluding hydrogens is 337 g/mol. The van der Waals surface area contributed by atoms with Crippen molar-refractivity contribution in [3.05, 3.63) is 27.2 Å². The van der Waals surface area contributed by atoms with E-state index in [2.05, 4.69) is 5.32 Å². The smallest absolute Gasteiger partial charge is 0.306 e. The second-order valence-corrected chi connectivity index (χ2v) is 6.34. The zero-order chi connectivity index (χ0) is 15.6. The van der Waals surface area contributed by atoms with Crippen LogP contribution in [-0.2, 0) is 9.59 Å². The van der Waals surface area contributed by atoms with Gasteiger partial charge in [-0.25, -0.2) is 0 Å². The monoisotopic (exact) mass is 349 g/mol. The van der Waals surface area contributed by atoms with Crippen LogP contribution in [0.2, 0.25) is 15.1 Å². The van der Waals surface area contributed by atoms with Crippen molar-refractivity contribution in [3.63, 3.8) is 0 Å². The second-order valence-electron chi connectivity index (χ2n) is 5.12. The molecule has 0 atom stereocenters. The highest BCUT2D eigenvalue weighted by Gasteiger charge is 2.30. The van der Waals surface area contributed by atoms with Crippen molar-refractivity contribution in [1.82, 2.24) is 0 Å². The predicted octanol–water partition coefficient (Wildman–Crippen LogP) is 4.48. The fraction of sp³-hybridized carbons (Fsp3) is 0.429. The highest BCUT2D eigenvalue weighted by molar-refractivity contribution is 6.44. The maximum atomic E-state index is 12.2. The summed E-state index contributed by atoms with van der Waals surface area (Å²) in [5.74, 6) is -1.51. The molecule has 0 heterocycles. The average molecular weight is 351 g/mol. The number of carboxylic acids is 1. The number of benzene rings is 1. The normalized spacial score (nSPS) is 21.9. The van der Waals surface area contributed by atoms with Gasteiger partial charge in [0.15, 0.2) is 0 Å². The van der Waals surface area contributed by atoms with Crippen LogP contribution >= 0.6 is 34.8 Å². The lowest BCUT2D eigenvalue weighted by atomic mass is 9.81. The second kappa shape index (κ2) is 6.86. The Morgan fingerprint density at radius 3 is 2.05 bits per heavy atom. The molecule has 0 unspecified atom stereocenters. The van der Waals surface area contributed by atoms with E-state index in [1.165, 1.54) is 12.1 Å². The summed E-state index contributed by atoms with van der Waals surface area (Å²) in [6.07, 6.45) is 2.15. The van der Waals surface area contributed by atoms with Gasteiger partial charge in [0, 0.05) is 5.92 Å². The first-order valence-corrected chi connectivity index (χ1v) is 7.70. The van der Waals surface area contributed by atoms with Gasteiger partial charge in [-0.2, -0.15) is 0 Å². The quantitative estimate of drug-likeness (QED) is 0.790. The number of hydrogen-bond donors (Lipinski definition) is 2. The number of rotatable bonds is 3. The van der Waals surface area contributed by atoms with Crippen LogP contribution in [0.1, 0.15) is 25.7 Å². The number of nitrogens with one attached hydrogen (secondary N) is 1. The summed E-state index contributed by atoms with van der Waals surface area (Å²) in [6.45, 7) is 0. The summed E-state index contributed by atoms with van der Waals surface area (Å²) >= 11 is 17.7. The molecule has 1 aromatic rings. The van der Waals surface area contributed by atoms with Crippen LogP contribution < -0.4 is 5.32 Å². The Morgan fingerprint density at radius 1 is 0.952 bits per heavy atom. The van der Waals surface area contributed by atoms with Gasteiger partial charge in [0.05, 0.1) is 26.7 Å². The molecule has 1 fully saturated rings. The van der Waals surface area contributed by atoms with E-state index >= 15 is 0 Å². The fourth-order valence-electron chi connectivity index (χ4n) is 2.46. The SMILES string of the molecule is O=C(O)C1CCC(C(=O)Nc2cc(Cl)c(Cl)cc2Cl)CC1. The minimum atomic E-state index is -0.790. The van der Waals surface area contributed by atoms with Crippen LogP contribution in [0.5, 0.6) is 0 Å². The number of carboxylic acid groups (broad SMARTS) is 1. The van der Waals surface area contributed by atoms with Crippen molar-refractivity contribution < 1.29 is 14.7 Å². The van der Waals surface area contributed by atoms with E-state index in [-0.39, 0.29) is 17.7 Å². The summed E-state index contributed by atoms with van der Waals surface area (Å²) in [5.41, 5.74) is 0.413. The topological polar surface area (TPSA) is 66.4 Å². The molecule has 1 aliphatic carbocycles. The van der Waals surface area contributed by atoms with Crippen LogP contribution in [0.15, 0.2) is 12.1 Å². The molecule has 4 nitrogen and oxygen atoms in total. The Hall–Kier alpha value is -0.970. The molecule has 1 aromatic carbocycles. The first kappa shape index (κ1) is 16.4. The summed E-state index contributed by atoms with van der Waals surface area (Å²) in [6, 6.07) is 2.98. The first-order valence-electron chi connectivity index (χ1n) is 6.56. The summed E-state index contributed by atoms with van der Waals surface area (Å²) in [5, 5.41) is 12.6. The van der Waals surface area contributed by atoms with Crippen molar-refractivity contribution in [2.24, 2.45) is 11.8 Å². The molecule has 1 aliphatic rings. The van der Waals surface area contributed by atoms with Crippen LogP contribution in [-0.4, -0.2) is 17.0 Å². The third kappa shape index (κ3) is 4.02. The van der Waals surface area contributed by atoms with Crippen LogP contribution in [0.25, 0.3) is 0 Å². The highest BCUT2D eigenvalue weighted by atomic mass is 35.5. The van der Waals surface area contributed by atoms with Crippen LogP contribution in [0, 0.1) is 11.8 Å². The standard InChI is InChI=1S/C14H14Cl3NO3/c15-9-5-11(17)12(6-10(9)16)18-13(19)7-1-3-8(4-2-7)14(20)21/h5-8H,1-4H2,(H,18,19)(H,20,21). The molecule has 0 spiro atoms. The van der Waals surface area contributed by atoms with E-state index in [4.69, 9.17) is 39.9 Å². The zero-order valence-corrected chi connectivity index (χ0v) is 13.3. The van der Waals surface area contributed by atoms with Gasteiger partial charge in [-0.15, -0.1) is 0 Å². The number of carbonyl (C=O) groups is 2. The van der Waals surface area contributed by atoms with Gasteiger partial charge < -0.3 is 10.4 Å². The number of amides is 1. The molecule has 2 rings (SSSR count). The molecule has 1 amide bonds. The zero-order valence-electron chi connectivity index (χ0n) is 11.0. The predicted molar refractivity (Wildman–Crippen MR) is 83.2 cm³/mol. The van der Waals surface area contributed by atoms with Gasteiger partial charge in [-0.1, -0.05) is 34.8 Å². The Bertz CT molecular complexity index is 569. The third-order valence-electron chi connectivity index (χ3n) is 3.72. The van der Waals surface area contributed by atoms with Gasteiger partial charge in [-0.05, 0) is 37.8 Å². The Balaban J connectivity index is 2.00. The Morgan fingerprint density at radius 2 is 1.48 bits per heavy atom. The van der Waals surface area contributed by atoms with Gasteiger partial charge in [0.1, 0.15) is 0 Å². The lowest BCUT2D eigenvalue weighted by Crippen LogP contribution is -2.29. The van der Waals surface area contributed by atoms with E-state index in [1.54, 1.807) is 0 Å². The lowest BCUT2D eigenvalue weighted by Gasteiger charge is -2.25. The molecule has 7 heteroatoms. The minimum absolute atomic E-state index is 0.167. The van der Waals surface area contributed by atoms with Crippen molar-refractivity contribution in [1.29, 1.82) is 0 Å². The number of carbonyl (C=O) groups excluding carboxylic acids is 1. The molecule has 0 aliphatic heterocycles. The maximum Gasteiger partial charge on any atom is 0.306 e. The molecule has 114 valence electrons. The Labute approximate surface area is 137 Å². The number of halogens is 3. The van der Waals surface area contributed by atoms with E-state index in [0.717, 1.165) is 0 Å². The fourth-order valence-corrected chi connectivity index (χ4v) is 3.05. The van der Waals surface area contributed by atoms with E-state index in [1.807, 2.05) is 0 Å². The first-order chi connectivity index (χ1) is 9.88. The molecule has 0 saturated heterocycles. The summed E-state index contributed by atoms with van der Waals surface area (Å²) < 4.78 is 0. The van der Waals surface area contributed by atoms with Gasteiger partial charge in [0.25, 0.3) is 0 Å². The Kier molecular flexibility index (Phi) is 5.36. The van der Waals surface area contributed by atoms with Gasteiger partial charge >= 0.3 is 5.97 Å². The van der Waals surface area contributed by atoms with Crippen LogP contribution in [0.4, 0.5) is 5.69 Å². The van der Waals surface area contributed by atoms with Crippen molar-refractivity contribution in [2.45, 2.75) is 25.7 Å². The van der Waals surface area contributed by atoms with Crippen LogP contribution in [0.3, 0.4) is 0 Å². The molecule has 2 N–H and O–H groups in total. The number of anilines is 1. The van der Waals surface area contributed by atoms with Gasteiger partial charge in [0.2, 0.25) is 5.91 Å². The van der Waals surface area contributed by atoms with Crippen molar-refractivity contribution >= 4 is 52.4 Å². The molecule has 21 heavy (non-hydrogen) atoms. The average Bonchev–Trinajstić information content (AvgIpc) is 2.44. The summed E-state index contributed by atoms with van der Waals surface area (Å²) in [4.78, 5) is 23.1. The molecule has 0 aromatic heterocycles. The van der Waals surface area contributed by atoms with E-state index in [0.29, 0.717) is 46.4 Å². The molecular formula is C14H14Cl3NO3. The van der Waals surface area contributed by atoms with E-state index < -0.39 is 5.97 Å². The lowest BCUT2D eigenvalue weighted by molar-refractivity contribution is -0.143. The third-order valence-corrected chi connectivity index (χ3v) is 4.75. The number of aliphatic carboxylic acids is 1. The van der Waals surface area contributed by atoms with Gasteiger partial charge in [-0.3, -0.25) is 9.59 Å². The van der Waals surface area contributed by atoms with Crippen molar-refractivity contribution in [2.75, 3.05) is 5.32 Å². The highest BCUT2D eigenvalue weighted by Crippen LogP contribution is 2.34. The van der Waals surface area contributed by atoms with Crippen molar-refractivity contribution in [3.8, 4) is 0 Å². The minimum Gasteiger partial charge on any atom is -0.481 e. The number of hydrogen-bond acceptors (Lipinski definition) is 2. The maximum absolute atomic E-state index is 12.2. The summed E-state index contributed by atoms with van der Waals surface area (Å²) in [7, 11) is 0. The molecule has 0 bridgehead atoms. The largest absolute Gasteiger partial charge is 0.481 e.